The first-order chi connectivity index (χ1) is 7.54. The lowest BCUT2D eigenvalue weighted by atomic mass is 10.2. The molecule has 0 aromatic heterocycles. The normalized spacial score (nSPS) is 10.8. The predicted molar refractivity (Wildman–Crippen MR) is 68.9 cm³/mol. The third-order valence-corrected chi connectivity index (χ3v) is 2.31. The summed E-state index contributed by atoms with van der Waals surface area (Å²) in [6, 6.07) is 3.54. The Bertz CT molecular complexity index is 369. The van der Waals surface area contributed by atoms with E-state index in [1.165, 1.54) is 0 Å². The van der Waals surface area contributed by atoms with Gasteiger partial charge in [0.15, 0.2) is 5.75 Å². The number of rotatable bonds is 4. The first-order valence-electron chi connectivity index (χ1n) is 4.87. The number of nitrogens with zero attached hydrogens (tertiary/aromatic N) is 2. The monoisotopic (exact) mass is 260 g/mol. The van der Waals surface area contributed by atoms with E-state index < -0.39 is 0 Å². The maximum atomic E-state index is 6.04. The van der Waals surface area contributed by atoms with Crippen LogP contribution in [0.5, 0.6) is 5.75 Å². The molecule has 0 aliphatic rings. The fourth-order valence-corrected chi connectivity index (χ4v) is 1.73. The summed E-state index contributed by atoms with van der Waals surface area (Å²) in [5, 5.41) is 6.79. The van der Waals surface area contributed by atoms with Gasteiger partial charge in [0.05, 0.1) is 22.9 Å². The standard InChI is InChI=1S/C11H14Cl2N2O/c1-4-16-11-9(12)5-8(6-10(11)13)7-14-15(2)3/h5-7H,4H2,1-3H3/b14-7+. The summed E-state index contributed by atoms with van der Waals surface area (Å²) >= 11 is 12.1. The van der Waals surface area contributed by atoms with Gasteiger partial charge < -0.3 is 9.75 Å². The van der Waals surface area contributed by atoms with Crippen LogP contribution in [0.4, 0.5) is 0 Å². The van der Waals surface area contributed by atoms with Crippen LogP contribution < -0.4 is 4.74 Å². The third kappa shape index (κ3) is 3.58. The van der Waals surface area contributed by atoms with Gasteiger partial charge in [0, 0.05) is 14.1 Å². The van der Waals surface area contributed by atoms with Crippen LogP contribution in [-0.4, -0.2) is 31.9 Å². The molecule has 0 bridgehead atoms. The summed E-state index contributed by atoms with van der Waals surface area (Å²) in [5.74, 6) is 0.521. The number of benzene rings is 1. The molecule has 0 saturated heterocycles. The molecule has 1 rings (SSSR count). The van der Waals surface area contributed by atoms with Crippen LogP contribution in [0.3, 0.4) is 0 Å². The van der Waals surface area contributed by atoms with Gasteiger partial charge in [-0.15, -0.1) is 0 Å². The van der Waals surface area contributed by atoms with Crippen molar-refractivity contribution < 1.29 is 4.74 Å². The molecule has 0 radical (unpaired) electrons. The lowest BCUT2D eigenvalue weighted by Crippen LogP contribution is -2.02. The van der Waals surface area contributed by atoms with Gasteiger partial charge >= 0.3 is 0 Å². The molecule has 0 heterocycles. The highest BCUT2D eigenvalue weighted by atomic mass is 35.5. The van der Waals surface area contributed by atoms with Gasteiger partial charge in [-0.2, -0.15) is 5.10 Å². The van der Waals surface area contributed by atoms with E-state index in [1.54, 1.807) is 23.4 Å². The Hall–Kier alpha value is -0.930. The van der Waals surface area contributed by atoms with Crippen LogP contribution >= 0.6 is 23.2 Å². The van der Waals surface area contributed by atoms with Gasteiger partial charge in [-0.05, 0) is 24.6 Å². The van der Waals surface area contributed by atoms with Gasteiger partial charge in [-0.1, -0.05) is 23.2 Å². The van der Waals surface area contributed by atoms with Gasteiger partial charge in [0.25, 0.3) is 0 Å². The molecule has 16 heavy (non-hydrogen) atoms. The highest BCUT2D eigenvalue weighted by molar-refractivity contribution is 6.37. The topological polar surface area (TPSA) is 24.8 Å². The van der Waals surface area contributed by atoms with Gasteiger partial charge in [-0.3, -0.25) is 0 Å². The highest BCUT2D eigenvalue weighted by Crippen LogP contribution is 2.33. The second-order valence-electron chi connectivity index (χ2n) is 3.34. The molecule has 0 aliphatic heterocycles. The maximum absolute atomic E-state index is 6.04. The summed E-state index contributed by atoms with van der Waals surface area (Å²) in [4.78, 5) is 0. The van der Waals surface area contributed by atoms with E-state index in [4.69, 9.17) is 27.9 Å². The number of halogens is 2. The van der Waals surface area contributed by atoms with E-state index in [1.807, 2.05) is 21.0 Å². The molecule has 0 saturated carbocycles. The summed E-state index contributed by atoms with van der Waals surface area (Å²) in [5.41, 5.74) is 0.840. The zero-order valence-corrected chi connectivity index (χ0v) is 11.0. The molecule has 0 amide bonds. The SMILES string of the molecule is CCOc1c(Cl)cc(/C=N/N(C)C)cc1Cl. The minimum absolute atomic E-state index is 0.495. The summed E-state index contributed by atoms with van der Waals surface area (Å²) in [6.07, 6.45) is 1.69. The minimum Gasteiger partial charge on any atom is -0.491 e. The van der Waals surface area contributed by atoms with Crippen molar-refractivity contribution in [2.45, 2.75) is 6.92 Å². The predicted octanol–water partition coefficient (Wildman–Crippen LogP) is 3.29. The molecule has 0 fully saturated rings. The Labute approximate surface area is 106 Å². The highest BCUT2D eigenvalue weighted by Gasteiger charge is 2.08. The van der Waals surface area contributed by atoms with Crippen molar-refractivity contribution in [3.05, 3.63) is 27.7 Å². The van der Waals surface area contributed by atoms with Crippen LogP contribution in [0, 0.1) is 0 Å². The minimum atomic E-state index is 0.495. The van der Waals surface area contributed by atoms with Crippen LogP contribution in [0.2, 0.25) is 10.0 Å². The Kier molecular flexibility index (Phi) is 4.90. The number of hydrogen-bond acceptors (Lipinski definition) is 3. The van der Waals surface area contributed by atoms with E-state index in [0.717, 1.165) is 5.56 Å². The molecule has 0 aliphatic carbocycles. The molecule has 5 heteroatoms. The lowest BCUT2D eigenvalue weighted by molar-refractivity contribution is 0.340. The average molecular weight is 261 g/mol. The van der Waals surface area contributed by atoms with Crippen LogP contribution in [0.15, 0.2) is 17.2 Å². The van der Waals surface area contributed by atoms with Gasteiger partial charge in [-0.25, -0.2) is 0 Å². The molecule has 1 aromatic rings. The largest absolute Gasteiger partial charge is 0.491 e. The van der Waals surface area contributed by atoms with Crippen molar-refractivity contribution in [1.29, 1.82) is 0 Å². The second-order valence-corrected chi connectivity index (χ2v) is 4.15. The maximum Gasteiger partial charge on any atom is 0.156 e. The van der Waals surface area contributed by atoms with E-state index in [-0.39, 0.29) is 0 Å². The first-order valence-corrected chi connectivity index (χ1v) is 5.63. The zero-order valence-electron chi connectivity index (χ0n) is 9.50. The third-order valence-electron chi connectivity index (χ3n) is 1.75. The average Bonchev–Trinajstić information content (AvgIpc) is 2.20. The fraction of sp³-hybridized carbons (Fsp3) is 0.364. The van der Waals surface area contributed by atoms with E-state index in [0.29, 0.717) is 22.4 Å². The van der Waals surface area contributed by atoms with Gasteiger partial charge in [0.2, 0.25) is 0 Å². The molecule has 0 atom stereocenters. The zero-order chi connectivity index (χ0) is 12.1. The molecule has 88 valence electrons. The Balaban J connectivity index is 3.00. The number of hydrazone groups is 1. The smallest absolute Gasteiger partial charge is 0.156 e. The number of hydrogen-bond donors (Lipinski definition) is 0. The Morgan fingerprint density at radius 2 is 1.88 bits per heavy atom. The lowest BCUT2D eigenvalue weighted by Gasteiger charge is -2.09. The molecule has 3 nitrogen and oxygen atoms in total. The van der Waals surface area contributed by atoms with Crippen LogP contribution in [0.25, 0.3) is 0 Å². The Morgan fingerprint density at radius 1 is 1.31 bits per heavy atom. The Morgan fingerprint density at radius 3 is 2.31 bits per heavy atom. The first kappa shape index (κ1) is 13.1. The molecule has 0 N–H and O–H groups in total. The van der Waals surface area contributed by atoms with Crippen molar-refractivity contribution in [3.63, 3.8) is 0 Å². The van der Waals surface area contributed by atoms with Crippen molar-refractivity contribution >= 4 is 29.4 Å². The van der Waals surface area contributed by atoms with Crippen molar-refractivity contribution in [3.8, 4) is 5.75 Å². The van der Waals surface area contributed by atoms with Crippen LogP contribution in [0.1, 0.15) is 12.5 Å². The fourth-order valence-electron chi connectivity index (χ4n) is 1.12. The molecular weight excluding hydrogens is 247 g/mol. The molecule has 1 aromatic carbocycles. The van der Waals surface area contributed by atoms with Gasteiger partial charge in [0.1, 0.15) is 0 Å². The quantitative estimate of drug-likeness (QED) is 0.613. The summed E-state index contributed by atoms with van der Waals surface area (Å²) in [7, 11) is 3.68. The summed E-state index contributed by atoms with van der Waals surface area (Å²) < 4.78 is 5.33. The van der Waals surface area contributed by atoms with E-state index in [2.05, 4.69) is 5.10 Å². The molecule has 0 spiro atoms. The summed E-state index contributed by atoms with van der Waals surface area (Å²) in [6.45, 7) is 2.42. The molecular formula is C11H14Cl2N2O. The van der Waals surface area contributed by atoms with Crippen molar-refractivity contribution in [1.82, 2.24) is 5.01 Å². The van der Waals surface area contributed by atoms with E-state index in [9.17, 15) is 0 Å². The molecule has 0 unspecified atom stereocenters. The van der Waals surface area contributed by atoms with E-state index >= 15 is 0 Å². The van der Waals surface area contributed by atoms with Crippen molar-refractivity contribution in [2.75, 3.05) is 20.7 Å². The van der Waals surface area contributed by atoms with Crippen LogP contribution in [-0.2, 0) is 0 Å². The second kappa shape index (κ2) is 5.97. The number of ether oxygens (including phenoxy) is 1. The van der Waals surface area contributed by atoms with Crippen molar-refractivity contribution in [2.24, 2.45) is 5.10 Å².